The first-order valence-electron chi connectivity index (χ1n) is 10.3. The summed E-state index contributed by atoms with van der Waals surface area (Å²) < 4.78 is 28.8. The van der Waals surface area contributed by atoms with Gasteiger partial charge in [0.2, 0.25) is 5.76 Å². The Hall–Kier alpha value is -3.66. The molecule has 0 spiro atoms. The second kappa shape index (κ2) is 9.86. The van der Waals surface area contributed by atoms with Crippen molar-refractivity contribution in [3.8, 4) is 5.75 Å². The monoisotopic (exact) mass is 472 g/mol. The van der Waals surface area contributed by atoms with Gasteiger partial charge < -0.3 is 24.9 Å². The maximum Gasteiger partial charge on any atom is 0.374 e. The van der Waals surface area contributed by atoms with E-state index in [9.17, 15) is 18.8 Å². The molecule has 2 heterocycles. The van der Waals surface area contributed by atoms with E-state index in [0.29, 0.717) is 22.1 Å². The standard InChI is InChI=1S/C23H21FN2O6S/c24-13-5-7-14(8-6-13)30-11-15-9-10-17(32-15)23(29)31-12-19(27)26-22-20(21(25)28)16-3-1-2-4-18(16)33-22/h5-10H,1-4,11-12H2,(H2,25,28)(H,26,27). The van der Waals surface area contributed by atoms with E-state index >= 15 is 0 Å². The molecule has 3 aromatic rings. The third kappa shape index (κ3) is 5.40. The van der Waals surface area contributed by atoms with E-state index in [-0.39, 0.29) is 18.2 Å². The Bertz CT molecular complexity index is 1180. The molecule has 0 unspecified atom stereocenters. The first kappa shape index (κ1) is 22.5. The Morgan fingerprint density at radius 1 is 1.09 bits per heavy atom. The van der Waals surface area contributed by atoms with Crippen molar-refractivity contribution in [1.29, 1.82) is 0 Å². The van der Waals surface area contributed by atoms with Gasteiger partial charge in [0.15, 0.2) is 6.61 Å². The molecule has 10 heteroatoms. The van der Waals surface area contributed by atoms with Gasteiger partial charge in [0.1, 0.15) is 28.9 Å². The Kier molecular flexibility index (Phi) is 6.74. The van der Waals surface area contributed by atoms with Gasteiger partial charge in [-0.15, -0.1) is 11.3 Å². The van der Waals surface area contributed by atoms with E-state index in [2.05, 4.69) is 5.32 Å². The Morgan fingerprint density at radius 3 is 2.61 bits per heavy atom. The highest BCUT2D eigenvalue weighted by molar-refractivity contribution is 7.17. The van der Waals surface area contributed by atoms with E-state index in [1.54, 1.807) is 0 Å². The van der Waals surface area contributed by atoms with Gasteiger partial charge in [0, 0.05) is 4.88 Å². The van der Waals surface area contributed by atoms with Crippen molar-refractivity contribution in [1.82, 2.24) is 0 Å². The van der Waals surface area contributed by atoms with Gasteiger partial charge in [-0.05, 0) is 67.6 Å². The average molecular weight is 472 g/mol. The molecule has 33 heavy (non-hydrogen) atoms. The minimum absolute atomic E-state index is 0.0261. The summed E-state index contributed by atoms with van der Waals surface area (Å²) in [6, 6.07) is 8.42. The molecule has 1 aliphatic carbocycles. The molecule has 0 saturated carbocycles. The summed E-state index contributed by atoms with van der Waals surface area (Å²) in [5.41, 5.74) is 6.76. The Balaban J connectivity index is 1.30. The summed E-state index contributed by atoms with van der Waals surface area (Å²) in [6.07, 6.45) is 3.59. The largest absolute Gasteiger partial charge is 0.486 e. The van der Waals surface area contributed by atoms with Crippen molar-refractivity contribution in [2.75, 3.05) is 11.9 Å². The van der Waals surface area contributed by atoms with Crippen molar-refractivity contribution in [3.05, 3.63) is 69.7 Å². The Labute approximate surface area is 192 Å². The third-order valence-electron chi connectivity index (χ3n) is 5.06. The molecule has 4 rings (SSSR count). The fraction of sp³-hybridized carbons (Fsp3) is 0.261. The number of esters is 1. The molecule has 0 fully saturated rings. The molecular weight excluding hydrogens is 451 g/mol. The normalized spacial score (nSPS) is 12.6. The SMILES string of the molecule is NC(=O)c1c(NC(=O)COC(=O)c2ccc(COc3ccc(F)cc3)o2)sc2c1CCCC2. The third-order valence-corrected chi connectivity index (χ3v) is 6.27. The first-order valence-corrected chi connectivity index (χ1v) is 11.1. The molecule has 0 bridgehead atoms. The molecule has 0 radical (unpaired) electrons. The summed E-state index contributed by atoms with van der Waals surface area (Å²) in [7, 11) is 0. The molecule has 1 aliphatic rings. The highest BCUT2D eigenvalue weighted by atomic mass is 32.1. The van der Waals surface area contributed by atoms with Gasteiger partial charge in [-0.3, -0.25) is 9.59 Å². The summed E-state index contributed by atoms with van der Waals surface area (Å²) in [4.78, 5) is 37.5. The topological polar surface area (TPSA) is 121 Å². The number of nitrogens with one attached hydrogen (secondary N) is 1. The lowest BCUT2D eigenvalue weighted by Gasteiger charge is -2.11. The van der Waals surface area contributed by atoms with Crippen LogP contribution in [0, 0.1) is 5.82 Å². The summed E-state index contributed by atoms with van der Waals surface area (Å²) in [5, 5.41) is 3.01. The smallest absolute Gasteiger partial charge is 0.374 e. The molecule has 3 N–H and O–H groups in total. The van der Waals surface area contributed by atoms with Gasteiger partial charge in [0.05, 0.1) is 5.56 Å². The number of carbonyl (C=O) groups excluding carboxylic acids is 3. The van der Waals surface area contributed by atoms with Crippen LogP contribution in [-0.2, 0) is 29.0 Å². The zero-order valence-corrected chi connectivity index (χ0v) is 18.3. The van der Waals surface area contributed by atoms with Crippen LogP contribution < -0.4 is 15.8 Å². The van der Waals surface area contributed by atoms with Crippen LogP contribution in [0.4, 0.5) is 9.39 Å². The van der Waals surface area contributed by atoms with E-state index in [4.69, 9.17) is 19.6 Å². The fourth-order valence-electron chi connectivity index (χ4n) is 3.53. The highest BCUT2D eigenvalue weighted by Gasteiger charge is 2.25. The van der Waals surface area contributed by atoms with Gasteiger partial charge in [0.25, 0.3) is 11.8 Å². The van der Waals surface area contributed by atoms with Crippen LogP contribution in [0.5, 0.6) is 5.75 Å². The number of carbonyl (C=O) groups is 3. The molecule has 0 aliphatic heterocycles. The minimum atomic E-state index is -0.821. The highest BCUT2D eigenvalue weighted by Crippen LogP contribution is 2.37. The summed E-state index contributed by atoms with van der Waals surface area (Å²) >= 11 is 1.33. The summed E-state index contributed by atoms with van der Waals surface area (Å²) in [6.45, 7) is -0.528. The number of hydrogen-bond donors (Lipinski definition) is 2. The van der Waals surface area contributed by atoms with Crippen LogP contribution in [0.1, 0.15) is 50.0 Å². The van der Waals surface area contributed by atoms with Crippen LogP contribution in [0.15, 0.2) is 40.8 Å². The molecular formula is C23H21FN2O6S. The van der Waals surface area contributed by atoms with Crippen molar-refractivity contribution in [3.63, 3.8) is 0 Å². The zero-order valence-electron chi connectivity index (χ0n) is 17.5. The van der Waals surface area contributed by atoms with E-state index in [1.807, 2.05) is 0 Å². The van der Waals surface area contributed by atoms with E-state index in [1.165, 1.54) is 47.7 Å². The number of hydrogen-bond acceptors (Lipinski definition) is 7. The second-order valence-corrected chi connectivity index (χ2v) is 8.52. The number of anilines is 1. The van der Waals surface area contributed by atoms with E-state index in [0.717, 1.165) is 36.1 Å². The minimum Gasteiger partial charge on any atom is -0.486 e. The van der Waals surface area contributed by atoms with Crippen molar-refractivity contribution in [2.45, 2.75) is 32.3 Å². The maximum atomic E-state index is 12.9. The van der Waals surface area contributed by atoms with Gasteiger partial charge in [-0.2, -0.15) is 0 Å². The zero-order chi connectivity index (χ0) is 23.4. The fourth-order valence-corrected chi connectivity index (χ4v) is 4.84. The molecule has 172 valence electrons. The van der Waals surface area contributed by atoms with Gasteiger partial charge >= 0.3 is 5.97 Å². The number of halogens is 1. The van der Waals surface area contributed by atoms with Crippen LogP contribution in [0.2, 0.25) is 0 Å². The number of aryl methyl sites for hydroxylation is 1. The number of benzene rings is 1. The average Bonchev–Trinajstić information content (AvgIpc) is 3.41. The first-order chi connectivity index (χ1) is 15.9. The van der Waals surface area contributed by atoms with Gasteiger partial charge in [-0.25, -0.2) is 9.18 Å². The van der Waals surface area contributed by atoms with Crippen LogP contribution >= 0.6 is 11.3 Å². The molecule has 0 saturated heterocycles. The lowest BCUT2D eigenvalue weighted by molar-refractivity contribution is -0.119. The van der Waals surface area contributed by atoms with Crippen molar-refractivity contribution in [2.24, 2.45) is 5.73 Å². The number of rotatable bonds is 8. The number of nitrogens with two attached hydrogens (primary N) is 1. The van der Waals surface area contributed by atoms with Crippen LogP contribution in [0.3, 0.4) is 0 Å². The molecule has 0 atom stereocenters. The Morgan fingerprint density at radius 2 is 1.85 bits per heavy atom. The predicted octanol–water partition coefficient (Wildman–Crippen LogP) is 3.83. The molecule has 1 aromatic carbocycles. The number of primary amides is 1. The number of thiophene rings is 1. The molecule has 2 amide bonds. The summed E-state index contributed by atoms with van der Waals surface area (Å²) in [5.74, 6) is -1.67. The quantitative estimate of drug-likeness (QED) is 0.481. The van der Waals surface area contributed by atoms with Gasteiger partial charge in [-0.1, -0.05) is 0 Å². The van der Waals surface area contributed by atoms with E-state index < -0.39 is 24.4 Å². The number of fused-ring (bicyclic) bond motifs is 1. The van der Waals surface area contributed by atoms with Crippen molar-refractivity contribution < 1.29 is 32.7 Å². The van der Waals surface area contributed by atoms with Crippen molar-refractivity contribution >= 4 is 34.1 Å². The molecule has 8 nitrogen and oxygen atoms in total. The van der Waals surface area contributed by atoms with Crippen LogP contribution in [0.25, 0.3) is 0 Å². The van der Waals surface area contributed by atoms with Crippen LogP contribution in [-0.4, -0.2) is 24.4 Å². The number of furan rings is 1. The number of amides is 2. The number of ether oxygens (including phenoxy) is 2. The molecule has 2 aromatic heterocycles. The lowest BCUT2D eigenvalue weighted by Crippen LogP contribution is -2.22. The lowest BCUT2D eigenvalue weighted by atomic mass is 9.95. The predicted molar refractivity (Wildman–Crippen MR) is 118 cm³/mol. The maximum absolute atomic E-state index is 12.9. The second-order valence-electron chi connectivity index (χ2n) is 7.41.